The fourth-order valence-corrected chi connectivity index (χ4v) is 3.12. The van der Waals surface area contributed by atoms with Crippen LogP contribution >= 0.6 is 0 Å². The van der Waals surface area contributed by atoms with Crippen molar-refractivity contribution in [2.24, 2.45) is 7.05 Å². The second kappa shape index (κ2) is 5.05. The summed E-state index contributed by atoms with van der Waals surface area (Å²) in [6.45, 7) is 4.15. The Balaban J connectivity index is 1.91. The van der Waals surface area contributed by atoms with E-state index in [-0.39, 0.29) is 0 Å². The number of aromatic amines is 1. The van der Waals surface area contributed by atoms with E-state index in [4.69, 9.17) is 0 Å². The molecule has 0 aliphatic heterocycles. The highest BCUT2D eigenvalue weighted by Gasteiger charge is 2.13. The van der Waals surface area contributed by atoms with Gasteiger partial charge in [-0.3, -0.25) is 4.68 Å². The van der Waals surface area contributed by atoms with Gasteiger partial charge in [0.2, 0.25) is 0 Å². The lowest BCUT2D eigenvalue weighted by Gasteiger charge is -2.07. The molecule has 0 aliphatic rings. The Kier molecular flexibility index (Phi) is 3.01. The van der Waals surface area contributed by atoms with Gasteiger partial charge < -0.3 is 4.98 Å². The number of H-pyrrole nitrogens is 1. The third-order valence-electron chi connectivity index (χ3n) is 4.30. The highest BCUT2D eigenvalue weighted by molar-refractivity contribution is 5.90. The van der Waals surface area contributed by atoms with Gasteiger partial charge in [0.15, 0.2) is 5.65 Å². The number of aromatic nitrogens is 5. The first-order valence-electron chi connectivity index (χ1n) is 7.54. The van der Waals surface area contributed by atoms with Crippen LogP contribution in [0.1, 0.15) is 11.4 Å². The van der Waals surface area contributed by atoms with E-state index in [9.17, 15) is 0 Å². The maximum absolute atomic E-state index is 4.52. The number of benzene rings is 1. The van der Waals surface area contributed by atoms with Crippen LogP contribution < -0.4 is 0 Å². The predicted octanol–water partition coefficient (Wildman–Crippen LogP) is 3.64. The van der Waals surface area contributed by atoms with Crippen molar-refractivity contribution in [3.63, 3.8) is 0 Å². The van der Waals surface area contributed by atoms with Crippen LogP contribution in [-0.2, 0) is 7.05 Å². The van der Waals surface area contributed by atoms with E-state index < -0.39 is 0 Å². The molecular formula is C18H17N5. The Morgan fingerprint density at radius 2 is 1.87 bits per heavy atom. The molecule has 114 valence electrons. The third kappa shape index (κ3) is 2.12. The molecule has 0 radical (unpaired) electrons. The van der Waals surface area contributed by atoms with Crippen LogP contribution in [0.4, 0.5) is 0 Å². The lowest BCUT2D eigenvalue weighted by atomic mass is 9.98. The topological polar surface area (TPSA) is 59.4 Å². The maximum Gasteiger partial charge on any atom is 0.178 e. The van der Waals surface area contributed by atoms with Crippen molar-refractivity contribution >= 4 is 11.2 Å². The van der Waals surface area contributed by atoms with Gasteiger partial charge in [-0.05, 0) is 37.1 Å². The molecule has 0 amide bonds. The lowest BCUT2D eigenvalue weighted by Crippen LogP contribution is -1.92. The summed E-state index contributed by atoms with van der Waals surface area (Å²) in [5.74, 6) is 0. The quantitative estimate of drug-likeness (QED) is 0.615. The van der Waals surface area contributed by atoms with E-state index in [1.54, 1.807) is 12.5 Å². The van der Waals surface area contributed by atoms with Crippen molar-refractivity contribution in [3.05, 3.63) is 54.2 Å². The van der Waals surface area contributed by atoms with Gasteiger partial charge in [-0.2, -0.15) is 5.10 Å². The van der Waals surface area contributed by atoms with Crippen molar-refractivity contribution in [1.29, 1.82) is 0 Å². The van der Waals surface area contributed by atoms with Crippen LogP contribution in [-0.4, -0.2) is 24.7 Å². The zero-order valence-corrected chi connectivity index (χ0v) is 13.3. The third-order valence-corrected chi connectivity index (χ3v) is 4.30. The number of hydrogen-bond acceptors (Lipinski definition) is 3. The molecule has 0 saturated carbocycles. The lowest BCUT2D eigenvalue weighted by molar-refractivity contribution is 0.731. The van der Waals surface area contributed by atoms with Crippen molar-refractivity contribution in [2.45, 2.75) is 13.8 Å². The van der Waals surface area contributed by atoms with E-state index >= 15 is 0 Å². The zero-order valence-electron chi connectivity index (χ0n) is 13.3. The summed E-state index contributed by atoms with van der Waals surface area (Å²) >= 11 is 0. The van der Waals surface area contributed by atoms with E-state index in [2.05, 4.69) is 58.2 Å². The number of nitrogens with zero attached hydrogens (tertiary/aromatic N) is 4. The van der Waals surface area contributed by atoms with Crippen molar-refractivity contribution in [1.82, 2.24) is 24.7 Å². The van der Waals surface area contributed by atoms with Gasteiger partial charge in [0, 0.05) is 30.1 Å². The summed E-state index contributed by atoms with van der Waals surface area (Å²) < 4.78 is 1.93. The molecule has 0 spiro atoms. The average Bonchev–Trinajstić information content (AvgIpc) is 3.12. The highest BCUT2D eigenvalue weighted by Crippen LogP contribution is 2.32. The SMILES string of the molecule is Cc1nn(C)c(C)c1-c1cccc(-c2ccnc3nc[nH]c23)c1. The van der Waals surface area contributed by atoms with Crippen LogP contribution in [0.3, 0.4) is 0 Å². The summed E-state index contributed by atoms with van der Waals surface area (Å²) in [5.41, 5.74) is 8.53. The number of hydrogen-bond donors (Lipinski definition) is 1. The van der Waals surface area contributed by atoms with Crippen LogP contribution in [0.2, 0.25) is 0 Å². The normalized spacial score (nSPS) is 11.3. The number of imidazole rings is 1. The standard InChI is InChI=1S/C18H17N5/c1-11-16(12(2)23(3)22-11)14-6-4-5-13(9-14)15-7-8-19-18-17(15)20-10-21-18/h4-10H,1-3H3,(H,19,20,21). The molecule has 0 atom stereocenters. The molecule has 5 nitrogen and oxygen atoms in total. The minimum atomic E-state index is 0.738. The van der Waals surface area contributed by atoms with Crippen LogP contribution in [0, 0.1) is 13.8 Å². The summed E-state index contributed by atoms with van der Waals surface area (Å²) in [4.78, 5) is 11.7. The highest BCUT2D eigenvalue weighted by atomic mass is 15.3. The van der Waals surface area contributed by atoms with E-state index in [0.717, 1.165) is 28.0 Å². The molecule has 0 unspecified atom stereocenters. The second-order valence-corrected chi connectivity index (χ2v) is 5.71. The van der Waals surface area contributed by atoms with Crippen molar-refractivity contribution in [3.8, 4) is 22.3 Å². The van der Waals surface area contributed by atoms with Gasteiger partial charge >= 0.3 is 0 Å². The number of pyridine rings is 1. The maximum atomic E-state index is 4.52. The number of rotatable bonds is 2. The Morgan fingerprint density at radius 1 is 1.04 bits per heavy atom. The number of nitrogens with one attached hydrogen (secondary N) is 1. The van der Waals surface area contributed by atoms with Gasteiger partial charge in [0.05, 0.1) is 17.5 Å². The smallest absolute Gasteiger partial charge is 0.178 e. The minimum Gasteiger partial charge on any atom is -0.343 e. The molecule has 4 rings (SSSR count). The molecule has 0 bridgehead atoms. The molecular weight excluding hydrogens is 286 g/mol. The molecule has 1 aromatic carbocycles. The Hall–Kier alpha value is -2.95. The minimum absolute atomic E-state index is 0.738. The summed E-state index contributed by atoms with van der Waals surface area (Å²) in [7, 11) is 1.98. The Morgan fingerprint density at radius 3 is 2.65 bits per heavy atom. The predicted molar refractivity (Wildman–Crippen MR) is 91.0 cm³/mol. The molecule has 23 heavy (non-hydrogen) atoms. The second-order valence-electron chi connectivity index (χ2n) is 5.71. The number of aryl methyl sites for hydroxylation is 2. The molecule has 1 N–H and O–H groups in total. The molecule has 4 aromatic rings. The van der Waals surface area contributed by atoms with Gasteiger partial charge in [0.1, 0.15) is 0 Å². The van der Waals surface area contributed by atoms with Crippen molar-refractivity contribution < 1.29 is 0 Å². The van der Waals surface area contributed by atoms with Crippen LogP contribution in [0.15, 0.2) is 42.9 Å². The average molecular weight is 303 g/mol. The molecule has 0 aliphatic carbocycles. The molecule has 3 heterocycles. The van der Waals surface area contributed by atoms with E-state index in [1.165, 1.54) is 16.8 Å². The summed E-state index contributed by atoms with van der Waals surface area (Å²) in [6, 6.07) is 10.5. The Labute approximate surface area is 134 Å². The van der Waals surface area contributed by atoms with Gasteiger partial charge in [0.25, 0.3) is 0 Å². The first-order chi connectivity index (χ1) is 11.1. The summed E-state index contributed by atoms with van der Waals surface area (Å²) in [6.07, 6.45) is 3.48. The van der Waals surface area contributed by atoms with Crippen LogP contribution in [0.5, 0.6) is 0 Å². The molecule has 0 fully saturated rings. The zero-order chi connectivity index (χ0) is 16.0. The van der Waals surface area contributed by atoms with Gasteiger partial charge in [-0.1, -0.05) is 18.2 Å². The van der Waals surface area contributed by atoms with E-state index in [1.807, 2.05) is 17.8 Å². The van der Waals surface area contributed by atoms with E-state index in [0.29, 0.717) is 0 Å². The Bertz CT molecular complexity index is 1010. The van der Waals surface area contributed by atoms with Gasteiger partial charge in [-0.25, -0.2) is 9.97 Å². The molecule has 0 saturated heterocycles. The summed E-state index contributed by atoms with van der Waals surface area (Å²) in [5, 5.41) is 4.52. The monoisotopic (exact) mass is 303 g/mol. The first-order valence-corrected chi connectivity index (χ1v) is 7.54. The van der Waals surface area contributed by atoms with Gasteiger partial charge in [-0.15, -0.1) is 0 Å². The van der Waals surface area contributed by atoms with Crippen LogP contribution in [0.25, 0.3) is 33.4 Å². The van der Waals surface area contributed by atoms with Crippen molar-refractivity contribution in [2.75, 3.05) is 0 Å². The largest absolute Gasteiger partial charge is 0.343 e. The first kappa shape index (κ1) is 13.7. The fraction of sp³-hybridized carbons (Fsp3) is 0.167. The molecule has 5 heteroatoms. The fourth-order valence-electron chi connectivity index (χ4n) is 3.12. The molecule has 3 aromatic heterocycles. The number of fused-ring (bicyclic) bond motifs is 1.